The van der Waals surface area contributed by atoms with E-state index in [4.69, 9.17) is 11.6 Å². The molecule has 0 aliphatic heterocycles. The van der Waals surface area contributed by atoms with Crippen LogP contribution in [0.5, 0.6) is 0 Å². The fourth-order valence-electron chi connectivity index (χ4n) is 1.68. The maximum atomic E-state index is 12.0. The van der Waals surface area contributed by atoms with Gasteiger partial charge in [0.25, 0.3) is 5.56 Å². The van der Waals surface area contributed by atoms with E-state index in [1.54, 1.807) is 15.9 Å². The van der Waals surface area contributed by atoms with Crippen molar-refractivity contribution in [1.82, 2.24) is 9.55 Å². The average molecular weight is 348 g/mol. The molecule has 2 aromatic heterocycles. The van der Waals surface area contributed by atoms with Crippen molar-refractivity contribution in [3.8, 4) is 0 Å². The van der Waals surface area contributed by atoms with Crippen LogP contribution in [0.15, 0.2) is 26.8 Å². The number of nitrogens with zero attached hydrogens (tertiary/aromatic N) is 2. The molecule has 0 fully saturated rings. The van der Waals surface area contributed by atoms with E-state index < -0.39 is 0 Å². The van der Waals surface area contributed by atoms with Crippen LogP contribution >= 0.6 is 38.9 Å². The fourth-order valence-corrected chi connectivity index (χ4v) is 3.32. The molecular weight excluding hydrogens is 336 g/mol. The molecule has 3 nitrogen and oxygen atoms in total. The van der Waals surface area contributed by atoms with E-state index in [9.17, 15) is 4.79 Å². The van der Waals surface area contributed by atoms with E-state index in [1.165, 1.54) is 6.07 Å². The molecule has 0 saturated heterocycles. The van der Waals surface area contributed by atoms with Crippen molar-refractivity contribution in [1.29, 1.82) is 0 Å². The molecule has 0 aliphatic rings. The first kappa shape index (κ1) is 13.8. The van der Waals surface area contributed by atoms with Crippen molar-refractivity contribution in [2.45, 2.75) is 26.3 Å². The lowest BCUT2D eigenvalue weighted by atomic mass is 10.2. The van der Waals surface area contributed by atoms with Gasteiger partial charge < -0.3 is 0 Å². The van der Waals surface area contributed by atoms with Crippen molar-refractivity contribution >= 4 is 38.9 Å². The lowest BCUT2D eigenvalue weighted by Gasteiger charge is -2.14. The standard InChI is InChI=1S/C12H12BrClN2OS/c1-7(2)12-15-10(14)5-11(17)16(12)6-9-8(13)3-4-18-9/h3-5,7H,6H2,1-2H3. The van der Waals surface area contributed by atoms with Crippen LogP contribution in [0.2, 0.25) is 5.15 Å². The van der Waals surface area contributed by atoms with Gasteiger partial charge in [0.2, 0.25) is 0 Å². The molecule has 0 spiro atoms. The third kappa shape index (κ3) is 2.84. The van der Waals surface area contributed by atoms with Crippen LogP contribution in [0.3, 0.4) is 0 Å². The minimum atomic E-state index is -0.112. The van der Waals surface area contributed by atoms with Crippen molar-refractivity contribution in [2.75, 3.05) is 0 Å². The Hall–Kier alpha value is -0.650. The summed E-state index contributed by atoms with van der Waals surface area (Å²) in [6.45, 7) is 4.52. The average Bonchev–Trinajstić information content (AvgIpc) is 2.67. The van der Waals surface area contributed by atoms with Gasteiger partial charge in [0.05, 0.1) is 6.54 Å². The predicted molar refractivity (Wildman–Crippen MR) is 78.7 cm³/mol. The van der Waals surface area contributed by atoms with Crippen LogP contribution < -0.4 is 5.56 Å². The number of aromatic nitrogens is 2. The summed E-state index contributed by atoms with van der Waals surface area (Å²) in [6.07, 6.45) is 0. The van der Waals surface area contributed by atoms with E-state index in [0.717, 1.165) is 9.35 Å². The highest BCUT2D eigenvalue weighted by atomic mass is 79.9. The molecule has 6 heteroatoms. The number of halogens is 2. The molecule has 0 aromatic carbocycles. The van der Waals surface area contributed by atoms with Crippen molar-refractivity contribution in [3.63, 3.8) is 0 Å². The first-order valence-electron chi connectivity index (χ1n) is 5.48. The summed E-state index contributed by atoms with van der Waals surface area (Å²) in [5.41, 5.74) is -0.112. The largest absolute Gasteiger partial charge is 0.291 e. The molecule has 0 unspecified atom stereocenters. The first-order valence-corrected chi connectivity index (χ1v) is 7.53. The van der Waals surface area contributed by atoms with Crippen LogP contribution in [0.1, 0.15) is 30.5 Å². The zero-order valence-corrected chi connectivity index (χ0v) is 13.1. The smallest absolute Gasteiger partial charge is 0.255 e. The minimum absolute atomic E-state index is 0.112. The highest BCUT2D eigenvalue weighted by Gasteiger charge is 2.13. The molecule has 0 aliphatic carbocycles. The summed E-state index contributed by atoms with van der Waals surface area (Å²) in [5.74, 6) is 0.864. The second kappa shape index (κ2) is 5.55. The van der Waals surface area contributed by atoms with Crippen molar-refractivity contribution < 1.29 is 0 Å². The van der Waals surface area contributed by atoms with Crippen LogP contribution in [0.4, 0.5) is 0 Å². The van der Waals surface area contributed by atoms with E-state index in [1.807, 2.05) is 25.3 Å². The van der Waals surface area contributed by atoms with Crippen LogP contribution in [-0.2, 0) is 6.54 Å². The Kier molecular flexibility index (Phi) is 4.25. The van der Waals surface area contributed by atoms with Gasteiger partial charge in [0.1, 0.15) is 11.0 Å². The monoisotopic (exact) mass is 346 g/mol. The number of rotatable bonds is 3. The lowest BCUT2D eigenvalue weighted by Crippen LogP contribution is -2.25. The molecule has 0 atom stereocenters. The Bertz CT molecular complexity index is 621. The van der Waals surface area contributed by atoms with E-state index >= 15 is 0 Å². The molecule has 2 aromatic rings. The molecule has 0 N–H and O–H groups in total. The van der Waals surface area contributed by atoms with Crippen molar-refractivity contribution in [2.24, 2.45) is 0 Å². The topological polar surface area (TPSA) is 34.9 Å². The first-order chi connectivity index (χ1) is 8.49. The third-order valence-corrected chi connectivity index (χ3v) is 4.62. The summed E-state index contributed by atoms with van der Waals surface area (Å²) >= 11 is 10.9. The Labute approximate surface area is 123 Å². The molecule has 18 heavy (non-hydrogen) atoms. The fraction of sp³-hybridized carbons (Fsp3) is 0.333. The van der Waals surface area contributed by atoms with Gasteiger partial charge in [-0.2, -0.15) is 0 Å². The molecule has 96 valence electrons. The number of thiophene rings is 1. The van der Waals surface area contributed by atoms with Gasteiger partial charge in [-0.3, -0.25) is 9.36 Å². The Morgan fingerprint density at radius 1 is 1.56 bits per heavy atom. The second-order valence-electron chi connectivity index (χ2n) is 4.21. The van der Waals surface area contributed by atoms with Crippen molar-refractivity contribution in [3.05, 3.63) is 48.2 Å². The van der Waals surface area contributed by atoms with Gasteiger partial charge in [-0.25, -0.2) is 4.98 Å². The third-order valence-electron chi connectivity index (χ3n) is 2.52. The Balaban J connectivity index is 2.50. The minimum Gasteiger partial charge on any atom is -0.291 e. The zero-order chi connectivity index (χ0) is 13.3. The van der Waals surface area contributed by atoms with E-state index in [0.29, 0.717) is 12.4 Å². The Morgan fingerprint density at radius 3 is 2.83 bits per heavy atom. The quantitative estimate of drug-likeness (QED) is 0.789. The highest BCUT2D eigenvalue weighted by molar-refractivity contribution is 9.10. The summed E-state index contributed by atoms with van der Waals surface area (Å²) in [7, 11) is 0. The predicted octanol–water partition coefficient (Wildman–Crippen LogP) is 3.89. The van der Waals surface area contributed by atoms with Gasteiger partial charge in [0, 0.05) is 21.3 Å². The van der Waals surface area contributed by atoms with E-state index in [2.05, 4.69) is 20.9 Å². The van der Waals surface area contributed by atoms with Gasteiger partial charge in [-0.15, -0.1) is 11.3 Å². The molecule has 0 bridgehead atoms. The van der Waals surface area contributed by atoms with Crippen LogP contribution in [0, 0.1) is 0 Å². The Morgan fingerprint density at radius 2 is 2.28 bits per heavy atom. The van der Waals surface area contributed by atoms with Gasteiger partial charge in [-0.1, -0.05) is 25.4 Å². The normalized spacial score (nSPS) is 11.2. The summed E-state index contributed by atoms with van der Waals surface area (Å²) < 4.78 is 2.69. The molecule has 2 heterocycles. The zero-order valence-electron chi connectivity index (χ0n) is 9.98. The maximum Gasteiger partial charge on any atom is 0.255 e. The summed E-state index contributed by atoms with van der Waals surface area (Å²) in [6, 6.07) is 3.33. The molecular formula is C12H12BrClN2OS. The highest BCUT2D eigenvalue weighted by Crippen LogP contribution is 2.24. The molecule has 0 amide bonds. The maximum absolute atomic E-state index is 12.0. The SMILES string of the molecule is CC(C)c1nc(Cl)cc(=O)n1Cc1sccc1Br. The van der Waals surface area contributed by atoms with Gasteiger partial charge >= 0.3 is 0 Å². The van der Waals surface area contributed by atoms with E-state index in [-0.39, 0.29) is 16.6 Å². The van der Waals surface area contributed by atoms with Crippen LogP contribution in [0.25, 0.3) is 0 Å². The summed E-state index contributed by atoms with van der Waals surface area (Å²) in [4.78, 5) is 17.4. The van der Waals surface area contributed by atoms with Gasteiger partial charge in [0.15, 0.2) is 0 Å². The van der Waals surface area contributed by atoms with Gasteiger partial charge in [-0.05, 0) is 27.4 Å². The summed E-state index contributed by atoms with van der Waals surface area (Å²) in [5, 5.41) is 2.24. The van der Waals surface area contributed by atoms with Crippen LogP contribution in [-0.4, -0.2) is 9.55 Å². The number of hydrogen-bond acceptors (Lipinski definition) is 3. The lowest BCUT2D eigenvalue weighted by molar-refractivity contribution is 0.628. The molecule has 0 saturated carbocycles. The molecule has 0 radical (unpaired) electrons. The molecule has 2 rings (SSSR count). The number of hydrogen-bond donors (Lipinski definition) is 0. The second-order valence-corrected chi connectivity index (χ2v) is 6.45.